The first kappa shape index (κ1) is 14.4. The molecule has 1 heterocycles. The van der Waals surface area contributed by atoms with Gasteiger partial charge >= 0.3 is 0 Å². The topological polar surface area (TPSA) is 58.4 Å². The zero-order chi connectivity index (χ0) is 14.7. The summed E-state index contributed by atoms with van der Waals surface area (Å²) < 4.78 is 0. The number of hydrogen-bond acceptors (Lipinski definition) is 3. The Labute approximate surface area is 126 Å². The lowest BCUT2D eigenvalue weighted by atomic mass is 9.92. The van der Waals surface area contributed by atoms with Gasteiger partial charge in [-0.3, -0.25) is 4.79 Å². The van der Waals surface area contributed by atoms with Gasteiger partial charge in [-0.15, -0.1) is 0 Å². The molecule has 0 spiro atoms. The molecule has 4 heteroatoms. The summed E-state index contributed by atoms with van der Waals surface area (Å²) in [6.07, 6.45) is 5.31. The number of benzene rings is 1. The first-order valence-corrected chi connectivity index (χ1v) is 8.07. The van der Waals surface area contributed by atoms with E-state index < -0.39 is 0 Å². The highest BCUT2D eigenvalue weighted by atomic mass is 16.1. The molecule has 3 rings (SSSR count). The van der Waals surface area contributed by atoms with Crippen molar-refractivity contribution in [1.29, 1.82) is 0 Å². The zero-order valence-corrected chi connectivity index (χ0v) is 12.6. The van der Waals surface area contributed by atoms with E-state index in [-0.39, 0.29) is 5.91 Å². The molecule has 21 heavy (non-hydrogen) atoms. The van der Waals surface area contributed by atoms with Crippen LogP contribution in [-0.2, 0) is 11.3 Å². The highest BCUT2D eigenvalue weighted by Crippen LogP contribution is 2.28. The summed E-state index contributed by atoms with van der Waals surface area (Å²) in [6.45, 7) is 3.01. The van der Waals surface area contributed by atoms with Crippen LogP contribution in [0.3, 0.4) is 0 Å². The van der Waals surface area contributed by atoms with Crippen molar-refractivity contribution >= 4 is 11.6 Å². The minimum Gasteiger partial charge on any atom is -0.371 e. The monoisotopic (exact) mass is 287 g/mol. The molecule has 1 aromatic carbocycles. The lowest BCUT2D eigenvalue weighted by molar-refractivity contribution is -0.119. The van der Waals surface area contributed by atoms with Crippen LogP contribution in [0.5, 0.6) is 0 Å². The molecule has 0 unspecified atom stereocenters. The molecular formula is C17H25N3O. The van der Waals surface area contributed by atoms with Gasteiger partial charge in [-0.25, -0.2) is 0 Å². The smallest absolute Gasteiger partial charge is 0.217 e. The van der Waals surface area contributed by atoms with E-state index in [0.717, 1.165) is 38.5 Å². The fraction of sp³-hybridized carbons (Fsp3) is 0.588. The van der Waals surface area contributed by atoms with Crippen LogP contribution in [0, 0.1) is 5.92 Å². The Hall–Kier alpha value is -1.55. The van der Waals surface area contributed by atoms with Gasteiger partial charge in [-0.05, 0) is 43.2 Å². The molecule has 1 amide bonds. The van der Waals surface area contributed by atoms with Crippen molar-refractivity contribution in [3.8, 4) is 0 Å². The SMILES string of the molecule is NC(=O)CC1CCN(c2ccccc2CNC2CC2)CC1. The van der Waals surface area contributed by atoms with Crippen LogP contribution in [0.1, 0.15) is 37.7 Å². The van der Waals surface area contributed by atoms with Gasteiger partial charge < -0.3 is 16.0 Å². The number of primary amides is 1. The van der Waals surface area contributed by atoms with Gasteiger partial charge in [0.05, 0.1) is 0 Å². The fourth-order valence-electron chi connectivity index (χ4n) is 3.17. The molecule has 1 aliphatic heterocycles. The first-order chi connectivity index (χ1) is 10.2. The van der Waals surface area contributed by atoms with Crippen LogP contribution >= 0.6 is 0 Å². The first-order valence-electron chi connectivity index (χ1n) is 8.07. The molecule has 0 atom stereocenters. The second-order valence-corrected chi connectivity index (χ2v) is 6.38. The molecule has 2 aliphatic rings. The number of nitrogens with one attached hydrogen (secondary N) is 1. The minimum absolute atomic E-state index is 0.164. The number of rotatable bonds is 6. The van der Waals surface area contributed by atoms with Gasteiger partial charge in [0.1, 0.15) is 0 Å². The number of nitrogens with two attached hydrogens (primary N) is 1. The average Bonchev–Trinajstić information content (AvgIpc) is 3.30. The molecule has 0 radical (unpaired) electrons. The minimum atomic E-state index is -0.164. The van der Waals surface area contributed by atoms with Crippen LogP contribution < -0.4 is 16.0 Å². The Bertz CT molecular complexity index is 491. The molecule has 1 aliphatic carbocycles. The van der Waals surface area contributed by atoms with E-state index in [1.807, 2.05) is 0 Å². The van der Waals surface area contributed by atoms with E-state index in [4.69, 9.17) is 5.73 Å². The highest BCUT2D eigenvalue weighted by molar-refractivity contribution is 5.74. The molecule has 1 saturated carbocycles. The van der Waals surface area contributed by atoms with E-state index >= 15 is 0 Å². The quantitative estimate of drug-likeness (QED) is 0.841. The molecule has 3 N–H and O–H groups in total. The largest absolute Gasteiger partial charge is 0.371 e. The Morgan fingerprint density at radius 3 is 2.57 bits per heavy atom. The van der Waals surface area contributed by atoms with Crippen LogP contribution in [0.4, 0.5) is 5.69 Å². The van der Waals surface area contributed by atoms with E-state index in [9.17, 15) is 4.79 Å². The second-order valence-electron chi connectivity index (χ2n) is 6.38. The number of hydrogen-bond donors (Lipinski definition) is 2. The van der Waals surface area contributed by atoms with Gasteiger partial charge in [0, 0.05) is 37.8 Å². The van der Waals surface area contributed by atoms with Crippen molar-refractivity contribution in [3.05, 3.63) is 29.8 Å². The predicted molar refractivity (Wildman–Crippen MR) is 85.1 cm³/mol. The van der Waals surface area contributed by atoms with Crippen molar-refractivity contribution < 1.29 is 4.79 Å². The number of amides is 1. The number of anilines is 1. The van der Waals surface area contributed by atoms with Crippen molar-refractivity contribution in [2.24, 2.45) is 11.7 Å². The maximum atomic E-state index is 11.0. The van der Waals surface area contributed by atoms with Crippen molar-refractivity contribution in [3.63, 3.8) is 0 Å². The summed E-state index contributed by atoms with van der Waals surface area (Å²) in [5.41, 5.74) is 8.04. The van der Waals surface area contributed by atoms with E-state index in [0.29, 0.717) is 12.3 Å². The van der Waals surface area contributed by atoms with E-state index in [2.05, 4.69) is 34.5 Å². The van der Waals surface area contributed by atoms with Gasteiger partial charge in [0.15, 0.2) is 0 Å². The molecule has 0 aromatic heterocycles. The maximum absolute atomic E-state index is 11.0. The standard InChI is InChI=1S/C17H25N3O/c18-17(21)11-13-7-9-20(10-8-13)16-4-2-1-3-14(16)12-19-15-5-6-15/h1-4,13,15,19H,5-12H2,(H2,18,21). The van der Waals surface area contributed by atoms with Crippen molar-refractivity contribution in [2.75, 3.05) is 18.0 Å². The van der Waals surface area contributed by atoms with Gasteiger partial charge in [-0.2, -0.15) is 0 Å². The van der Waals surface area contributed by atoms with Crippen molar-refractivity contribution in [1.82, 2.24) is 5.32 Å². The van der Waals surface area contributed by atoms with Crippen molar-refractivity contribution in [2.45, 2.75) is 44.7 Å². The summed E-state index contributed by atoms with van der Waals surface area (Å²) in [4.78, 5) is 13.5. The molecule has 4 nitrogen and oxygen atoms in total. The van der Waals surface area contributed by atoms with Crippen LogP contribution in [0.15, 0.2) is 24.3 Å². The number of nitrogens with zero attached hydrogens (tertiary/aromatic N) is 1. The predicted octanol–water partition coefficient (Wildman–Crippen LogP) is 2.03. The number of carbonyl (C=O) groups excluding carboxylic acids is 1. The number of carbonyl (C=O) groups is 1. The Kier molecular flexibility index (Phi) is 4.44. The molecular weight excluding hydrogens is 262 g/mol. The van der Waals surface area contributed by atoms with Gasteiger partial charge in [-0.1, -0.05) is 18.2 Å². The maximum Gasteiger partial charge on any atom is 0.217 e. The third kappa shape index (κ3) is 3.97. The Morgan fingerprint density at radius 2 is 1.90 bits per heavy atom. The Balaban J connectivity index is 1.60. The molecule has 0 bridgehead atoms. The summed E-state index contributed by atoms with van der Waals surface area (Å²) in [5.74, 6) is 0.304. The number of para-hydroxylation sites is 1. The van der Waals surface area contributed by atoms with E-state index in [1.54, 1.807) is 0 Å². The molecule has 1 aromatic rings. The van der Waals surface area contributed by atoms with Gasteiger partial charge in [0.25, 0.3) is 0 Å². The number of piperidine rings is 1. The molecule has 1 saturated heterocycles. The lowest BCUT2D eigenvalue weighted by Crippen LogP contribution is -2.36. The van der Waals surface area contributed by atoms with E-state index in [1.165, 1.54) is 24.1 Å². The van der Waals surface area contributed by atoms with Crippen LogP contribution in [0.2, 0.25) is 0 Å². The normalized spacial score (nSPS) is 19.7. The second kappa shape index (κ2) is 6.48. The molecule has 2 fully saturated rings. The highest BCUT2D eigenvalue weighted by Gasteiger charge is 2.23. The summed E-state index contributed by atoms with van der Waals surface area (Å²) >= 11 is 0. The van der Waals surface area contributed by atoms with Gasteiger partial charge in [0.2, 0.25) is 5.91 Å². The third-order valence-corrected chi connectivity index (χ3v) is 4.60. The summed E-state index contributed by atoms with van der Waals surface area (Å²) in [7, 11) is 0. The van der Waals surface area contributed by atoms with Crippen LogP contribution in [0.25, 0.3) is 0 Å². The van der Waals surface area contributed by atoms with Crippen LogP contribution in [-0.4, -0.2) is 25.0 Å². The summed E-state index contributed by atoms with van der Waals surface area (Å²) in [6, 6.07) is 9.41. The lowest BCUT2D eigenvalue weighted by Gasteiger charge is -2.34. The Morgan fingerprint density at radius 1 is 1.19 bits per heavy atom. The summed E-state index contributed by atoms with van der Waals surface area (Å²) in [5, 5.41) is 3.60. The average molecular weight is 287 g/mol. The fourth-order valence-corrected chi connectivity index (χ4v) is 3.17. The third-order valence-electron chi connectivity index (χ3n) is 4.60. The zero-order valence-electron chi connectivity index (χ0n) is 12.6. The molecule has 114 valence electrons.